The Morgan fingerprint density at radius 2 is 1.73 bits per heavy atom. The van der Waals surface area contributed by atoms with Crippen LogP contribution in [0.5, 0.6) is 0 Å². The Morgan fingerprint density at radius 1 is 0.970 bits per heavy atom. The topological polar surface area (TPSA) is 49.4 Å². The molecule has 1 aliphatic heterocycles. The summed E-state index contributed by atoms with van der Waals surface area (Å²) in [6.07, 6.45) is 3.98. The van der Waals surface area contributed by atoms with Crippen LogP contribution >= 0.6 is 11.8 Å². The first-order valence-corrected chi connectivity index (χ1v) is 12.7. The van der Waals surface area contributed by atoms with Gasteiger partial charge < -0.3 is 10.2 Å². The van der Waals surface area contributed by atoms with E-state index >= 15 is 0 Å². The molecule has 2 amide bonds. The summed E-state index contributed by atoms with van der Waals surface area (Å²) >= 11 is 1.66. The van der Waals surface area contributed by atoms with Gasteiger partial charge in [-0.25, -0.2) is 0 Å². The number of hydrogen-bond donors (Lipinski definition) is 1. The predicted molar refractivity (Wildman–Crippen MR) is 133 cm³/mol. The highest BCUT2D eigenvalue weighted by molar-refractivity contribution is 8.00. The highest BCUT2D eigenvalue weighted by Crippen LogP contribution is 2.38. The Labute approximate surface area is 199 Å². The van der Waals surface area contributed by atoms with Gasteiger partial charge in [-0.05, 0) is 60.1 Å². The van der Waals surface area contributed by atoms with Gasteiger partial charge in [0.15, 0.2) is 0 Å². The summed E-state index contributed by atoms with van der Waals surface area (Å²) in [5.74, 6) is 0.640. The smallest absolute Gasteiger partial charge is 0.251 e. The van der Waals surface area contributed by atoms with E-state index in [2.05, 4.69) is 35.6 Å². The standard InChI is InChI=1S/C28H28N2O2S/c31-26-19-33-28(30(26)18-17-20-7-2-1-3-8-20)23-15-13-22(14-16-23)27(32)29-25-12-6-10-21-9-4-5-11-24(21)25/h1-5,7-9,11,13-16,25,28H,6,10,12,17-19H2,(H,29,32)/t25-,28-/m0/s1. The van der Waals surface area contributed by atoms with E-state index in [-0.39, 0.29) is 23.2 Å². The van der Waals surface area contributed by atoms with E-state index in [4.69, 9.17) is 0 Å². The number of amides is 2. The van der Waals surface area contributed by atoms with Crippen molar-refractivity contribution in [3.05, 3.63) is 107 Å². The van der Waals surface area contributed by atoms with Crippen LogP contribution < -0.4 is 5.32 Å². The van der Waals surface area contributed by atoms with E-state index in [0.717, 1.165) is 31.2 Å². The zero-order valence-corrected chi connectivity index (χ0v) is 19.4. The lowest BCUT2D eigenvalue weighted by Gasteiger charge is -2.26. The summed E-state index contributed by atoms with van der Waals surface area (Å²) in [5.41, 5.74) is 5.54. The summed E-state index contributed by atoms with van der Waals surface area (Å²) in [7, 11) is 0. The molecule has 1 saturated heterocycles. The molecule has 1 fully saturated rings. The van der Waals surface area contributed by atoms with Crippen molar-refractivity contribution in [1.29, 1.82) is 0 Å². The van der Waals surface area contributed by atoms with Crippen LogP contribution in [0.2, 0.25) is 0 Å². The summed E-state index contributed by atoms with van der Waals surface area (Å²) in [6.45, 7) is 0.698. The molecule has 0 aromatic heterocycles. The third kappa shape index (κ3) is 4.83. The fraction of sp³-hybridized carbons (Fsp3) is 0.286. The first-order chi connectivity index (χ1) is 16.2. The molecule has 2 aliphatic rings. The Hall–Kier alpha value is -3.05. The van der Waals surface area contributed by atoms with Gasteiger partial charge in [-0.15, -0.1) is 11.8 Å². The molecule has 5 heteroatoms. The molecule has 5 rings (SSSR count). The predicted octanol–water partition coefficient (Wildman–Crippen LogP) is 5.31. The maximum atomic E-state index is 13.0. The molecule has 1 N–H and O–H groups in total. The minimum absolute atomic E-state index is 0.00328. The number of rotatable bonds is 6. The van der Waals surface area contributed by atoms with Crippen LogP contribution in [0.15, 0.2) is 78.9 Å². The van der Waals surface area contributed by atoms with Crippen LogP contribution in [0.25, 0.3) is 0 Å². The van der Waals surface area contributed by atoms with Crippen molar-refractivity contribution in [3.8, 4) is 0 Å². The first kappa shape index (κ1) is 21.8. The molecule has 0 unspecified atom stereocenters. The Morgan fingerprint density at radius 3 is 2.55 bits per heavy atom. The maximum absolute atomic E-state index is 13.0. The van der Waals surface area contributed by atoms with Crippen molar-refractivity contribution in [2.45, 2.75) is 37.1 Å². The van der Waals surface area contributed by atoms with Gasteiger partial charge >= 0.3 is 0 Å². The Balaban J connectivity index is 1.25. The van der Waals surface area contributed by atoms with Crippen molar-refractivity contribution in [3.63, 3.8) is 0 Å². The van der Waals surface area contributed by atoms with E-state index in [0.29, 0.717) is 17.9 Å². The van der Waals surface area contributed by atoms with Crippen LogP contribution in [-0.4, -0.2) is 29.0 Å². The fourth-order valence-corrected chi connectivity index (χ4v) is 6.03. The number of nitrogens with one attached hydrogen (secondary N) is 1. The minimum Gasteiger partial charge on any atom is -0.345 e. The minimum atomic E-state index is -0.0423. The van der Waals surface area contributed by atoms with E-state index < -0.39 is 0 Å². The number of thioether (sulfide) groups is 1. The molecule has 0 spiro atoms. The van der Waals surface area contributed by atoms with E-state index in [1.54, 1.807) is 11.8 Å². The third-order valence-electron chi connectivity index (χ3n) is 6.59. The largest absolute Gasteiger partial charge is 0.345 e. The summed E-state index contributed by atoms with van der Waals surface area (Å²) in [6, 6.07) is 26.5. The lowest BCUT2D eigenvalue weighted by atomic mass is 9.87. The SMILES string of the molecule is O=C(N[C@H]1CCCc2ccccc21)c1ccc([C@@H]2SCC(=O)N2CCc2ccccc2)cc1. The lowest BCUT2D eigenvalue weighted by Crippen LogP contribution is -2.31. The number of carbonyl (C=O) groups excluding carboxylic acids is 2. The van der Waals surface area contributed by atoms with Gasteiger partial charge in [-0.2, -0.15) is 0 Å². The quantitative estimate of drug-likeness (QED) is 0.547. The van der Waals surface area contributed by atoms with Crippen molar-refractivity contribution in [2.75, 3.05) is 12.3 Å². The number of fused-ring (bicyclic) bond motifs is 1. The Kier molecular flexibility index (Phi) is 6.49. The van der Waals surface area contributed by atoms with Crippen LogP contribution in [0.1, 0.15) is 56.9 Å². The molecule has 3 aromatic carbocycles. The van der Waals surface area contributed by atoms with E-state index in [1.165, 1.54) is 16.7 Å². The average Bonchev–Trinajstić information content (AvgIpc) is 3.24. The average molecular weight is 457 g/mol. The van der Waals surface area contributed by atoms with Gasteiger partial charge in [-0.1, -0.05) is 66.7 Å². The molecule has 1 heterocycles. The van der Waals surface area contributed by atoms with Gasteiger partial charge in [0.05, 0.1) is 11.8 Å². The molecular formula is C28H28N2O2S. The molecule has 0 radical (unpaired) electrons. The lowest BCUT2D eigenvalue weighted by molar-refractivity contribution is -0.128. The first-order valence-electron chi connectivity index (χ1n) is 11.6. The normalized spacial score (nSPS) is 19.9. The molecule has 3 aromatic rings. The van der Waals surface area contributed by atoms with Crippen LogP contribution in [0.4, 0.5) is 0 Å². The highest BCUT2D eigenvalue weighted by Gasteiger charge is 2.32. The monoisotopic (exact) mass is 456 g/mol. The molecule has 168 valence electrons. The molecule has 0 saturated carbocycles. The summed E-state index contributed by atoms with van der Waals surface area (Å²) < 4.78 is 0. The Bertz CT molecular complexity index is 1130. The summed E-state index contributed by atoms with van der Waals surface area (Å²) in [5, 5.41) is 3.23. The molecule has 33 heavy (non-hydrogen) atoms. The van der Waals surface area contributed by atoms with E-state index in [9.17, 15) is 9.59 Å². The van der Waals surface area contributed by atoms with Gasteiger partial charge in [0.2, 0.25) is 5.91 Å². The second-order valence-corrected chi connectivity index (χ2v) is 9.79. The molecule has 0 bridgehead atoms. The number of benzene rings is 3. The maximum Gasteiger partial charge on any atom is 0.251 e. The van der Waals surface area contributed by atoms with Crippen molar-refractivity contribution >= 4 is 23.6 Å². The van der Waals surface area contributed by atoms with Crippen molar-refractivity contribution in [2.24, 2.45) is 0 Å². The second kappa shape index (κ2) is 9.84. The molecule has 4 nitrogen and oxygen atoms in total. The number of aryl methyl sites for hydroxylation is 1. The highest BCUT2D eigenvalue weighted by atomic mass is 32.2. The van der Waals surface area contributed by atoms with Gasteiger partial charge in [0.25, 0.3) is 5.91 Å². The number of carbonyl (C=O) groups is 2. The number of nitrogens with zero attached hydrogens (tertiary/aromatic N) is 1. The van der Waals surface area contributed by atoms with Crippen LogP contribution in [0.3, 0.4) is 0 Å². The van der Waals surface area contributed by atoms with Crippen molar-refractivity contribution in [1.82, 2.24) is 10.2 Å². The second-order valence-electron chi connectivity index (χ2n) is 8.73. The van der Waals surface area contributed by atoms with Crippen LogP contribution in [0, 0.1) is 0 Å². The van der Waals surface area contributed by atoms with Gasteiger partial charge in [0, 0.05) is 12.1 Å². The zero-order valence-electron chi connectivity index (χ0n) is 18.6. The third-order valence-corrected chi connectivity index (χ3v) is 7.84. The molecular weight excluding hydrogens is 428 g/mol. The summed E-state index contributed by atoms with van der Waals surface area (Å²) in [4.78, 5) is 27.4. The van der Waals surface area contributed by atoms with E-state index in [1.807, 2.05) is 53.4 Å². The zero-order chi connectivity index (χ0) is 22.6. The molecule has 2 atom stereocenters. The molecule has 1 aliphatic carbocycles. The van der Waals surface area contributed by atoms with Gasteiger partial charge in [0.1, 0.15) is 5.37 Å². The van der Waals surface area contributed by atoms with Crippen molar-refractivity contribution < 1.29 is 9.59 Å². The van der Waals surface area contributed by atoms with Crippen LogP contribution in [-0.2, 0) is 17.6 Å². The fourth-order valence-electron chi connectivity index (χ4n) is 4.81. The number of hydrogen-bond acceptors (Lipinski definition) is 3. The van der Waals surface area contributed by atoms with Gasteiger partial charge in [-0.3, -0.25) is 9.59 Å².